The van der Waals surface area contributed by atoms with Crippen LogP contribution in [0.2, 0.25) is 0 Å². The molecule has 0 unspecified atom stereocenters. The minimum absolute atomic E-state index is 0.0580. The van der Waals surface area contributed by atoms with Gasteiger partial charge in [0.2, 0.25) is 0 Å². The van der Waals surface area contributed by atoms with Crippen molar-refractivity contribution in [3.63, 3.8) is 0 Å². The molecule has 7 heteroatoms. The molecule has 7 nitrogen and oxygen atoms in total. The second-order valence-electron chi connectivity index (χ2n) is 6.90. The summed E-state index contributed by atoms with van der Waals surface area (Å²) in [5, 5.41) is 23.0. The molecule has 0 spiro atoms. The standard InChI is InChI=1S/C18H21N5O2/c1-12-18(13-7-9-22(12)10-8-13)19-17-6-5-16(20-21-17)14-3-2-4-15(11-14)23(24)25/h2-6,11-13,18H,7-10H2,1H3,(H,19,21)/t12-,18+/m1/s1. The highest BCUT2D eigenvalue weighted by Gasteiger charge is 2.39. The lowest BCUT2D eigenvalue weighted by Gasteiger charge is -2.50. The van der Waals surface area contributed by atoms with E-state index in [1.807, 2.05) is 12.1 Å². The molecule has 2 bridgehead atoms. The van der Waals surface area contributed by atoms with E-state index in [1.165, 1.54) is 38.1 Å². The minimum Gasteiger partial charge on any atom is -0.364 e. The molecule has 0 radical (unpaired) electrons. The van der Waals surface area contributed by atoms with Crippen LogP contribution < -0.4 is 5.32 Å². The summed E-state index contributed by atoms with van der Waals surface area (Å²) in [6, 6.07) is 11.1. The van der Waals surface area contributed by atoms with Crippen LogP contribution in [0.5, 0.6) is 0 Å². The number of fused-ring (bicyclic) bond motifs is 3. The van der Waals surface area contributed by atoms with E-state index >= 15 is 0 Å². The van der Waals surface area contributed by atoms with Crippen molar-refractivity contribution in [3.05, 3.63) is 46.5 Å². The summed E-state index contributed by atoms with van der Waals surface area (Å²) in [6.07, 6.45) is 2.47. The summed E-state index contributed by atoms with van der Waals surface area (Å²) in [6.45, 7) is 4.66. The molecule has 1 aromatic heterocycles. The average molecular weight is 339 g/mol. The summed E-state index contributed by atoms with van der Waals surface area (Å²) < 4.78 is 0. The lowest BCUT2D eigenvalue weighted by atomic mass is 9.79. The molecule has 0 saturated carbocycles. The Labute approximate surface area is 146 Å². The number of aromatic nitrogens is 2. The molecule has 1 aromatic carbocycles. The Balaban J connectivity index is 1.51. The Hall–Kier alpha value is -2.54. The lowest BCUT2D eigenvalue weighted by molar-refractivity contribution is -0.384. The quantitative estimate of drug-likeness (QED) is 0.681. The lowest BCUT2D eigenvalue weighted by Crippen LogP contribution is -2.59. The molecule has 3 aliphatic heterocycles. The average Bonchev–Trinajstić information content (AvgIpc) is 2.66. The van der Waals surface area contributed by atoms with Crippen molar-refractivity contribution in [2.24, 2.45) is 5.92 Å². The van der Waals surface area contributed by atoms with Gasteiger partial charge in [0.05, 0.1) is 10.6 Å². The van der Waals surface area contributed by atoms with Crippen molar-refractivity contribution in [2.75, 3.05) is 18.4 Å². The molecule has 130 valence electrons. The Morgan fingerprint density at radius 2 is 2.00 bits per heavy atom. The van der Waals surface area contributed by atoms with Gasteiger partial charge in [-0.05, 0) is 50.9 Å². The fraction of sp³-hybridized carbons (Fsp3) is 0.444. The second kappa shape index (κ2) is 6.40. The van der Waals surface area contributed by atoms with Crippen LogP contribution in [-0.4, -0.2) is 45.2 Å². The van der Waals surface area contributed by atoms with Gasteiger partial charge in [0.1, 0.15) is 5.82 Å². The predicted molar refractivity (Wildman–Crippen MR) is 95.3 cm³/mol. The van der Waals surface area contributed by atoms with Gasteiger partial charge < -0.3 is 5.32 Å². The predicted octanol–water partition coefficient (Wildman–Crippen LogP) is 2.95. The molecule has 1 N–H and O–H groups in total. The Morgan fingerprint density at radius 3 is 2.64 bits per heavy atom. The summed E-state index contributed by atoms with van der Waals surface area (Å²) >= 11 is 0. The molecule has 2 aromatic rings. The molecule has 25 heavy (non-hydrogen) atoms. The normalized spacial score (nSPS) is 27.9. The van der Waals surface area contributed by atoms with E-state index in [1.54, 1.807) is 12.1 Å². The van der Waals surface area contributed by atoms with Crippen LogP contribution in [0.3, 0.4) is 0 Å². The van der Waals surface area contributed by atoms with Crippen LogP contribution in [0.15, 0.2) is 36.4 Å². The number of non-ortho nitro benzene ring substituents is 1. The van der Waals surface area contributed by atoms with Crippen LogP contribution in [0.1, 0.15) is 19.8 Å². The first-order chi connectivity index (χ1) is 12.1. The molecule has 3 fully saturated rings. The largest absolute Gasteiger partial charge is 0.364 e. The van der Waals surface area contributed by atoms with E-state index in [2.05, 4.69) is 27.3 Å². The molecule has 3 aliphatic rings. The maximum Gasteiger partial charge on any atom is 0.270 e. The number of nitro benzene ring substituents is 1. The smallest absolute Gasteiger partial charge is 0.270 e. The first kappa shape index (κ1) is 16.0. The second-order valence-corrected chi connectivity index (χ2v) is 6.90. The molecule has 0 amide bonds. The molecular formula is C18H21N5O2. The Morgan fingerprint density at radius 1 is 1.20 bits per heavy atom. The van der Waals surface area contributed by atoms with Crippen molar-refractivity contribution in [1.29, 1.82) is 0 Å². The summed E-state index contributed by atoms with van der Waals surface area (Å²) in [4.78, 5) is 13.0. The van der Waals surface area contributed by atoms with Gasteiger partial charge in [0.25, 0.3) is 5.69 Å². The van der Waals surface area contributed by atoms with E-state index < -0.39 is 4.92 Å². The molecule has 5 rings (SSSR count). The number of nitro groups is 1. The van der Waals surface area contributed by atoms with E-state index in [9.17, 15) is 10.1 Å². The minimum atomic E-state index is -0.401. The van der Waals surface area contributed by atoms with Gasteiger partial charge in [-0.15, -0.1) is 10.2 Å². The summed E-state index contributed by atoms with van der Waals surface area (Å²) in [7, 11) is 0. The van der Waals surface area contributed by atoms with Gasteiger partial charge in [-0.3, -0.25) is 15.0 Å². The summed E-state index contributed by atoms with van der Waals surface area (Å²) in [5.74, 6) is 1.46. The van der Waals surface area contributed by atoms with Gasteiger partial charge >= 0.3 is 0 Å². The van der Waals surface area contributed by atoms with Crippen molar-refractivity contribution in [1.82, 2.24) is 15.1 Å². The number of piperidine rings is 3. The highest BCUT2D eigenvalue weighted by molar-refractivity contribution is 5.62. The molecular weight excluding hydrogens is 318 g/mol. The zero-order valence-electron chi connectivity index (χ0n) is 14.1. The molecule has 2 atom stereocenters. The van der Waals surface area contributed by atoms with Gasteiger partial charge in [-0.25, -0.2) is 0 Å². The zero-order valence-corrected chi connectivity index (χ0v) is 14.1. The van der Waals surface area contributed by atoms with Crippen LogP contribution >= 0.6 is 0 Å². The number of hydrogen-bond donors (Lipinski definition) is 1. The summed E-state index contributed by atoms with van der Waals surface area (Å²) in [5.41, 5.74) is 1.39. The highest BCUT2D eigenvalue weighted by atomic mass is 16.6. The first-order valence-electron chi connectivity index (χ1n) is 8.71. The SMILES string of the molecule is C[C@@H]1[C@H](Nc2ccc(-c3cccc([N+](=O)[O-])c3)nn2)C2CCN1CC2. The van der Waals surface area contributed by atoms with E-state index in [0.29, 0.717) is 29.3 Å². The van der Waals surface area contributed by atoms with Gasteiger partial charge in [-0.2, -0.15) is 0 Å². The third kappa shape index (κ3) is 3.07. The fourth-order valence-electron chi connectivity index (χ4n) is 4.06. The molecule has 4 heterocycles. The third-order valence-corrected chi connectivity index (χ3v) is 5.51. The van der Waals surface area contributed by atoms with Crippen LogP contribution in [0.4, 0.5) is 11.5 Å². The Bertz CT molecular complexity index is 769. The van der Waals surface area contributed by atoms with Crippen molar-refractivity contribution >= 4 is 11.5 Å². The molecule has 0 aliphatic carbocycles. The number of nitrogens with one attached hydrogen (secondary N) is 1. The van der Waals surface area contributed by atoms with Gasteiger partial charge in [0.15, 0.2) is 0 Å². The zero-order chi connectivity index (χ0) is 17.4. The number of hydrogen-bond acceptors (Lipinski definition) is 6. The van der Waals surface area contributed by atoms with Gasteiger partial charge in [-0.1, -0.05) is 12.1 Å². The number of anilines is 1. The third-order valence-electron chi connectivity index (χ3n) is 5.51. The molecule has 3 saturated heterocycles. The number of rotatable bonds is 4. The number of nitrogens with zero attached hydrogens (tertiary/aromatic N) is 4. The first-order valence-corrected chi connectivity index (χ1v) is 8.71. The Kier molecular flexibility index (Phi) is 4.09. The van der Waals surface area contributed by atoms with Gasteiger partial charge in [0, 0.05) is 29.8 Å². The van der Waals surface area contributed by atoms with Crippen molar-refractivity contribution in [3.8, 4) is 11.3 Å². The van der Waals surface area contributed by atoms with Crippen molar-refractivity contribution in [2.45, 2.75) is 31.8 Å². The van der Waals surface area contributed by atoms with Crippen LogP contribution in [0, 0.1) is 16.0 Å². The maximum absolute atomic E-state index is 10.9. The number of benzene rings is 1. The van der Waals surface area contributed by atoms with E-state index in [4.69, 9.17) is 0 Å². The fourth-order valence-corrected chi connectivity index (χ4v) is 4.06. The highest BCUT2D eigenvalue weighted by Crippen LogP contribution is 2.33. The van der Waals surface area contributed by atoms with E-state index in [0.717, 1.165) is 5.82 Å². The van der Waals surface area contributed by atoms with E-state index in [-0.39, 0.29) is 5.69 Å². The van der Waals surface area contributed by atoms with Crippen molar-refractivity contribution < 1.29 is 4.92 Å². The topological polar surface area (TPSA) is 84.2 Å². The maximum atomic E-state index is 10.9. The van der Waals surface area contributed by atoms with Crippen LogP contribution in [-0.2, 0) is 0 Å². The van der Waals surface area contributed by atoms with Crippen LogP contribution in [0.25, 0.3) is 11.3 Å². The monoisotopic (exact) mass is 339 g/mol.